The Kier molecular flexibility index (Phi) is 9.51. The Morgan fingerprint density at radius 2 is 1.78 bits per heavy atom. The minimum absolute atomic E-state index is 0.0153. The Hall–Kier alpha value is -2.60. The molecule has 2 heterocycles. The summed E-state index contributed by atoms with van der Waals surface area (Å²) in [6.07, 6.45) is 4.67. The van der Waals surface area contributed by atoms with Crippen molar-refractivity contribution in [3.63, 3.8) is 0 Å². The van der Waals surface area contributed by atoms with Crippen molar-refractivity contribution >= 4 is 39.4 Å². The van der Waals surface area contributed by atoms with E-state index in [1.807, 2.05) is 0 Å². The number of hydrogen-bond acceptors (Lipinski definition) is 10. The van der Waals surface area contributed by atoms with E-state index < -0.39 is 29.9 Å². The lowest BCUT2D eigenvalue weighted by Crippen LogP contribution is -2.44. The molecule has 0 aromatic carbocycles. The highest BCUT2D eigenvalue weighted by Crippen LogP contribution is 2.35. The molecule has 0 aliphatic carbocycles. The van der Waals surface area contributed by atoms with Crippen LogP contribution in [0.2, 0.25) is 0 Å². The number of nitrogens with one attached hydrogen (secondary N) is 1. The highest BCUT2D eigenvalue weighted by Gasteiger charge is 2.30. The van der Waals surface area contributed by atoms with Crippen LogP contribution in [0.5, 0.6) is 0 Å². The molecule has 0 fully saturated rings. The molecular weight excluding hydrogens is 454 g/mol. The largest absolute Gasteiger partial charge is 0.467 e. The summed E-state index contributed by atoms with van der Waals surface area (Å²) in [7, 11) is 5.57. The number of methoxy groups -OCH3 is 2. The van der Waals surface area contributed by atoms with Crippen LogP contribution in [0.25, 0.3) is 0 Å². The van der Waals surface area contributed by atoms with Crippen molar-refractivity contribution in [1.82, 2.24) is 25.3 Å². The molecule has 0 bridgehead atoms. The van der Waals surface area contributed by atoms with Crippen LogP contribution in [0.1, 0.15) is 42.9 Å². The fourth-order valence-electron chi connectivity index (χ4n) is 2.61. The molecule has 0 unspecified atom stereocenters. The van der Waals surface area contributed by atoms with E-state index in [2.05, 4.69) is 41.4 Å². The summed E-state index contributed by atoms with van der Waals surface area (Å²) < 4.78 is 10.9. The zero-order valence-electron chi connectivity index (χ0n) is 18.6. The van der Waals surface area contributed by atoms with Crippen molar-refractivity contribution in [2.75, 3.05) is 20.0 Å². The first-order valence-electron chi connectivity index (χ1n) is 9.72. The van der Waals surface area contributed by atoms with Gasteiger partial charge < -0.3 is 14.8 Å². The Labute approximate surface area is 194 Å². The molecule has 1 N–H and O–H groups in total. The van der Waals surface area contributed by atoms with E-state index in [-0.39, 0.29) is 16.9 Å². The molecular formula is C20H27N5O5S2. The van der Waals surface area contributed by atoms with E-state index in [0.717, 1.165) is 5.56 Å². The maximum absolute atomic E-state index is 13.0. The number of rotatable bonds is 10. The summed E-state index contributed by atoms with van der Waals surface area (Å²) in [6, 6.07) is 1.70. The maximum atomic E-state index is 13.0. The standard InChI is InChI=1S/C20H27N5O5S2/c1-20(2,3)32-31-12-14(18(27)29-4)23-17(26)16-11-22-24-25(16)15(19(28)30-5)10-13-6-8-21-9-7-13/h6-9,11,14-15H,10,12H2,1-5H3,(H,23,26)/t14-,15-/m0/s1. The Balaban J connectivity index is 2.21. The molecule has 2 aromatic rings. The molecule has 1 amide bonds. The Morgan fingerprint density at radius 3 is 2.38 bits per heavy atom. The van der Waals surface area contributed by atoms with Gasteiger partial charge >= 0.3 is 11.9 Å². The van der Waals surface area contributed by atoms with Crippen molar-refractivity contribution in [2.24, 2.45) is 0 Å². The Bertz CT molecular complexity index is 917. The van der Waals surface area contributed by atoms with Gasteiger partial charge in [0, 0.05) is 29.3 Å². The molecule has 0 aliphatic heterocycles. The van der Waals surface area contributed by atoms with E-state index in [1.54, 1.807) is 35.3 Å². The highest BCUT2D eigenvalue weighted by atomic mass is 33.1. The third-order valence-corrected chi connectivity index (χ3v) is 7.44. The van der Waals surface area contributed by atoms with Gasteiger partial charge in [-0.2, -0.15) is 0 Å². The predicted octanol–water partition coefficient (Wildman–Crippen LogP) is 2.08. The van der Waals surface area contributed by atoms with Gasteiger partial charge in [-0.1, -0.05) is 47.6 Å². The van der Waals surface area contributed by atoms with Crippen molar-refractivity contribution in [3.05, 3.63) is 42.0 Å². The van der Waals surface area contributed by atoms with Crippen LogP contribution >= 0.6 is 21.6 Å². The van der Waals surface area contributed by atoms with E-state index >= 15 is 0 Å². The molecule has 0 aliphatic rings. The third kappa shape index (κ3) is 7.52. The van der Waals surface area contributed by atoms with Crippen LogP contribution in [0.15, 0.2) is 30.7 Å². The van der Waals surface area contributed by atoms with Gasteiger partial charge in [0.05, 0.1) is 20.4 Å². The lowest BCUT2D eigenvalue weighted by molar-refractivity contribution is -0.145. The van der Waals surface area contributed by atoms with Gasteiger partial charge in [0.1, 0.15) is 11.7 Å². The van der Waals surface area contributed by atoms with Gasteiger partial charge in [-0.15, -0.1) is 5.10 Å². The molecule has 10 nitrogen and oxygen atoms in total. The van der Waals surface area contributed by atoms with Gasteiger partial charge in [0.25, 0.3) is 5.91 Å². The number of esters is 2. The number of pyridine rings is 1. The van der Waals surface area contributed by atoms with Crippen LogP contribution in [-0.2, 0) is 25.5 Å². The molecule has 2 atom stereocenters. The number of hydrogen-bond donors (Lipinski definition) is 1. The second-order valence-electron chi connectivity index (χ2n) is 7.69. The monoisotopic (exact) mass is 481 g/mol. The summed E-state index contributed by atoms with van der Waals surface area (Å²) in [4.78, 5) is 41.6. The average molecular weight is 482 g/mol. The van der Waals surface area contributed by atoms with E-state index in [9.17, 15) is 14.4 Å². The van der Waals surface area contributed by atoms with Crippen molar-refractivity contribution in [3.8, 4) is 0 Å². The average Bonchev–Trinajstić information content (AvgIpc) is 3.25. The quantitative estimate of drug-likeness (QED) is 0.398. The number of carbonyl (C=O) groups is 3. The normalized spacial score (nSPS) is 13.2. The van der Waals surface area contributed by atoms with E-state index in [4.69, 9.17) is 9.47 Å². The van der Waals surface area contributed by atoms with Crippen LogP contribution in [0, 0.1) is 0 Å². The zero-order valence-corrected chi connectivity index (χ0v) is 20.2. The van der Waals surface area contributed by atoms with Gasteiger partial charge in [-0.05, 0) is 17.7 Å². The van der Waals surface area contributed by atoms with Crippen LogP contribution < -0.4 is 5.32 Å². The molecule has 0 radical (unpaired) electrons. The number of aromatic nitrogens is 4. The van der Waals surface area contributed by atoms with Gasteiger partial charge in [-0.3, -0.25) is 9.78 Å². The minimum Gasteiger partial charge on any atom is -0.467 e. The molecule has 0 saturated heterocycles. The summed E-state index contributed by atoms with van der Waals surface area (Å²) in [6.45, 7) is 6.16. The first kappa shape index (κ1) is 25.7. The highest BCUT2D eigenvalue weighted by molar-refractivity contribution is 8.77. The molecule has 12 heteroatoms. The second-order valence-corrected chi connectivity index (χ2v) is 10.9. The summed E-state index contributed by atoms with van der Waals surface area (Å²) in [5, 5.41) is 10.4. The number of amides is 1. The molecule has 2 aromatic heterocycles. The van der Waals surface area contributed by atoms with Gasteiger partial charge in [0.15, 0.2) is 6.04 Å². The smallest absolute Gasteiger partial charge is 0.331 e. The lowest BCUT2D eigenvalue weighted by Gasteiger charge is -2.21. The minimum atomic E-state index is -0.923. The predicted molar refractivity (Wildman–Crippen MR) is 122 cm³/mol. The topological polar surface area (TPSA) is 125 Å². The first-order valence-corrected chi connectivity index (χ1v) is 12.0. The van der Waals surface area contributed by atoms with Crippen LogP contribution in [0.3, 0.4) is 0 Å². The van der Waals surface area contributed by atoms with Gasteiger partial charge in [0.2, 0.25) is 0 Å². The molecule has 174 valence electrons. The molecule has 32 heavy (non-hydrogen) atoms. The number of nitrogens with zero attached hydrogens (tertiary/aromatic N) is 4. The summed E-state index contributed by atoms with van der Waals surface area (Å²) in [5.41, 5.74) is 0.831. The third-order valence-electron chi connectivity index (χ3n) is 4.09. The summed E-state index contributed by atoms with van der Waals surface area (Å²) in [5.74, 6) is -1.45. The first-order chi connectivity index (χ1) is 15.2. The van der Waals surface area contributed by atoms with Crippen LogP contribution in [-0.4, -0.2) is 68.6 Å². The van der Waals surface area contributed by atoms with E-state index in [1.165, 1.54) is 35.9 Å². The fourth-order valence-corrected chi connectivity index (χ4v) is 5.06. The number of carbonyl (C=O) groups excluding carboxylic acids is 3. The van der Waals surface area contributed by atoms with Crippen molar-refractivity contribution < 1.29 is 23.9 Å². The fraction of sp³-hybridized carbons (Fsp3) is 0.500. The molecule has 0 spiro atoms. The van der Waals surface area contributed by atoms with Gasteiger partial charge in [-0.25, -0.2) is 14.3 Å². The van der Waals surface area contributed by atoms with Crippen molar-refractivity contribution in [2.45, 2.75) is 44.0 Å². The maximum Gasteiger partial charge on any atom is 0.331 e. The van der Waals surface area contributed by atoms with Crippen molar-refractivity contribution in [1.29, 1.82) is 0 Å². The number of ether oxygens (including phenoxy) is 2. The second kappa shape index (κ2) is 11.9. The zero-order chi connectivity index (χ0) is 23.7. The molecule has 0 saturated carbocycles. The Morgan fingerprint density at radius 1 is 1.12 bits per heavy atom. The SMILES string of the molecule is COC(=O)[C@H](CSSC(C)(C)C)NC(=O)c1cnnn1[C@@H](Cc1ccncc1)C(=O)OC. The summed E-state index contributed by atoms with van der Waals surface area (Å²) >= 11 is 0. The van der Waals surface area contributed by atoms with E-state index in [0.29, 0.717) is 5.75 Å². The van der Waals surface area contributed by atoms with Crippen LogP contribution in [0.4, 0.5) is 0 Å². The lowest BCUT2D eigenvalue weighted by atomic mass is 10.1. The molecule has 2 rings (SSSR count).